The lowest BCUT2D eigenvalue weighted by molar-refractivity contribution is 0.112. The Morgan fingerprint density at radius 1 is 1.32 bits per heavy atom. The van der Waals surface area contributed by atoms with Gasteiger partial charge in [0.05, 0.1) is 0 Å². The van der Waals surface area contributed by atoms with Gasteiger partial charge in [0.25, 0.3) is 0 Å². The molecule has 4 heteroatoms. The molecule has 3 heterocycles. The predicted molar refractivity (Wildman–Crippen MR) is 75.8 cm³/mol. The van der Waals surface area contributed by atoms with Crippen molar-refractivity contribution in [1.29, 1.82) is 0 Å². The molecule has 2 aliphatic heterocycles. The number of aryl methyl sites for hydroxylation is 1. The van der Waals surface area contributed by atoms with Gasteiger partial charge in [-0.1, -0.05) is 0 Å². The summed E-state index contributed by atoms with van der Waals surface area (Å²) in [5.74, 6) is 1.05. The molecular formula is C15H21N3O. The van der Waals surface area contributed by atoms with Gasteiger partial charge in [0.15, 0.2) is 6.29 Å². The van der Waals surface area contributed by atoms with E-state index in [4.69, 9.17) is 0 Å². The fraction of sp³-hybridized carbons (Fsp3) is 0.600. The summed E-state index contributed by atoms with van der Waals surface area (Å²) < 4.78 is 0. The van der Waals surface area contributed by atoms with Crippen molar-refractivity contribution >= 4 is 12.1 Å². The SMILES string of the molecule is Cc1cc(C=O)cnc1N1CCC(N2CCCC2)C1. The van der Waals surface area contributed by atoms with Crippen LogP contribution in [0.3, 0.4) is 0 Å². The molecule has 0 saturated carbocycles. The average molecular weight is 259 g/mol. The van der Waals surface area contributed by atoms with Gasteiger partial charge in [0.2, 0.25) is 0 Å². The predicted octanol–water partition coefficient (Wildman–Crippen LogP) is 1.88. The number of hydrogen-bond donors (Lipinski definition) is 0. The smallest absolute Gasteiger partial charge is 0.151 e. The molecule has 2 fully saturated rings. The van der Waals surface area contributed by atoms with Gasteiger partial charge in [-0.3, -0.25) is 9.69 Å². The Morgan fingerprint density at radius 3 is 2.79 bits per heavy atom. The van der Waals surface area contributed by atoms with Crippen LogP contribution in [0.25, 0.3) is 0 Å². The third-order valence-electron chi connectivity index (χ3n) is 4.33. The Labute approximate surface area is 114 Å². The minimum Gasteiger partial charge on any atom is -0.355 e. The lowest BCUT2D eigenvalue weighted by Crippen LogP contribution is -2.35. The number of nitrogens with zero attached hydrogens (tertiary/aromatic N) is 3. The molecule has 0 radical (unpaired) electrons. The van der Waals surface area contributed by atoms with Crippen LogP contribution in [-0.2, 0) is 0 Å². The molecule has 19 heavy (non-hydrogen) atoms. The van der Waals surface area contributed by atoms with E-state index in [9.17, 15) is 4.79 Å². The molecule has 0 aromatic carbocycles. The third-order valence-corrected chi connectivity index (χ3v) is 4.33. The summed E-state index contributed by atoms with van der Waals surface area (Å²) in [6, 6.07) is 2.62. The molecule has 1 unspecified atom stereocenters. The van der Waals surface area contributed by atoms with Crippen molar-refractivity contribution in [2.75, 3.05) is 31.1 Å². The van der Waals surface area contributed by atoms with E-state index in [1.807, 2.05) is 13.0 Å². The average Bonchev–Trinajstić information content (AvgIpc) is 3.09. The Hall–Kier alpha value is -1.42. The second kappa shape index (κ2) is 5.29. The van der Waals surface area contributed by atoms with E-state index in [2.05, 4.69) is 14.8 Å². The number of pyridine rings is 1. The summed E-state index contributed by atoms with van der Waals surface area (Å²) in [6.45, 7) is 6.71. The van der Waals surface area contributed by atoms with Crippen LogP contribution < -0.4 is 4.90 Å². The molecule has 2 aliphatic rings. The summed E-state index contributed by atoms with van der Waals surface area (Å²) in [7, 11) is 0. The molecule has 1 atom stereocenters. The minimum atomic E-state index is 0.663. The molecule has 0 bridgehead atoms. The van der Waals surface area contributed by atoms with Crippen LogP contribution in [0.1, 0.15) is 35.2 Å². The zero-order valence-electron chi connectivity index (χ0n) is 11.5. The molecule has 0 amide bonds. The standard InChI is InChI=1S/C15H21N3O/c1-12-8-13(11-19)9-16-15(12)18-7-4-14(10-18)17-5-2-3-6-17/h8-9,11,14H,2-7,10H2,1H3. The highest BCUT2D eigenvalue weighted by molar-refractivity contribution is 5.75. The highest BCUT2D eigenvalue weighted by atomic mass is 16.1. The maximum atomic E-state index is 10.8. The van der Waals surface area contributed by atoms with Gasteiger partial charge in [-0.05, 0) is 50.9 Å². The van der Waals surface area contributed by atoms with E-state index in [-0.39, 0.29) is 0 Å². The summed E-state index contributed by atoms with van der Waals surface area (Å²) in [6.07, 6.45) is 6.47. The highest BCUT2D eigenvalue weighted by Crippen LogP contribution is 2.26. The van der Waals surface area contributed by atoms with Crippen LogP contribution in [-0.4, -0.2) is 48.4 Å². The second-order valence-electron chi connectivity index (χ2n) is 5.66. The Morgan fingerprint density at radius 2 is 2.11 bits per heavy atom. The van der Waals surface area contributed by atoms with E-state index in [0.29, 0.717) is 11.6 Å². The van der Waals surface area contributed by atoms with E-state index in [0.717, 1.165) is 30.8 Å². The summed E-state index contributed by atoms with van der Waals surface area (Å²) >= 11 is 0. The van der Waals surface area contributed by atoms with Gasteiger partial charge in [-0.25, -0.2) is 4.98 Å². The lowest BCUT2D eigenvalue weighted by atomic mass is 10.2. The fourth-order valence-electron chi connectivity index (χ4n) is 3.32. The quantitative estimate of drug-likeness (QED) is 0.777. The molecule has 0 spiro atoms. The summed E-state index contributed by atoms with van der Waals surface area (Å²) in [5.41, 5.74) is 1.77. The van der Waals surface area contributed by atoms with Gasteiger partial charge in [-0.15, -0.1) is 0 Å². The molecular weight excluding hydrogens is 238 g/mol. The van der Waals surface area contributed by atoms with Crippen LogP contribution in [0.15, 0.2) is 12.3 Å². The Kier molecular flexibility index (Phi) is 3.51. The number of anilines is 1. The van der Waals surface area contributed by atoms with Crippen molar-refractivity contribution in [3.63, 3.8) is 0 Å². The molecule has 0 aliphatic carbocycles. The van der Waals surface area contributed by atoms with Crippen molar-refractivity contribution < 1.29 is 4.79 Å². The maximum Gasteiger partial charge on any atom is 0.151 e. The number of rotatable bonds is 3. The van der Waals surface area contributed by atoms with E-state index >= 15 is 0 Å². The third kappa shape index (κ3) is 2.50. The van der Waals surface area contributed by atoms with Gasteiger partial charge >= 0.3 is 0 Å². The molecule has 102 valence electrons. The highest BCUT2D eigenvalue weighted by Gasteiger charge is 2.30. The van der Waals surface area contributed by atoms with Crippen LogP contribution in [0, 0.1) is 6.92 Å². The molecule has 3 rings (SSSR count). The largest absolute Gasteiger partial charge is 0.355 e. The number of aromatic nitrogens is 1. The number of hydrogen-bond acceptors (Lipinski definition) is 4. The van der Waals surface area contributed by atoms with Gasteiger partial charge in [0, 0.05) is 30.9 Å². The number of likely N-dealkylation sites (tertiary alicyclic amines) is 1. The Bertz CT molecular complexity index is 468. The van der Waals surface area contributed by atoms with Crippen molar-refractivity contribution in [2.45, 2.75) is 32.2 Å². The topological polar surface area (TPSA) is 36.4 Å². The number of carbonyl (C=O) groups is 1. The van der Waals surface area contributed by atoms with Gasteiger partial charge in [-0.2, -0.15) is 0 Å². The van der Waals surface area contributed by atoms with Crippen LogP contribution >= 0.6 is 0 Å². The van der Waals surface area contributed by atoms with Crippen LogP contribution in [0.4, 0.5) is 5.82 Å². The van der Waals surface area contributed by atoms with Crippen molar-refractivity contribution in [3.05, 3.63) is 23.4 Å². The maximum absolute atomic E-state index is 10.8. The fourth-order valence-corrected chi connectivity index (χ4v) is 3.32. The molecule has 2 saturated heterocycles. The summed E-state index contributed by atoms with van der Waals surface area (Å²) in [5, 5.41) is 0. The number of aldehydes is 1. The van der Waals surface area contributed by atoms with Crippen LogP contribution in [0.2, 0.25) is 0 Å². The molecule has 0 N–H and O–H groups in total. The van der Waals surface area contributed by atoms with E-state index < -0.39 is 0 Å². The van der Waals surface area contributed by atoms with Crippen molar-refractivity contribution in [1.82, 2.24) is 9.88 Å². The van der Waals surface area contributed by atoms with Gasteiger partial charge < -0.3 is 4.90 Å². The van der Waals surface area contributed by atoms with Crippen molar-refractivity contribution in [3.8, 4) is 0 Å². The molecule has 1 aromatic heterocycles. The number of carbonyl (C=O) groups excluding carboxylic acids is 1. The van der Waals surface area contributed by atoms with E-state index in [1.54, 1.807) is 6.20 Å². The molecule has 1 aromatic rings. The zero-order chi connectivity index (χ0) is 13.2. The van der Waals surface area contributed by atoms with Crippen molar-refractivity contribution in [2.24, 2.45) is 0 Å². The Balaban J connectivity index is 1.71. The lowest BCUT2D eigenvalue weighted by Gasteiger charge is -2.24. The zero-order valence-corrected chi connectivity index (χ0v) is 11.5. The van der Waals surface area contributed by atoms with Crippen LogP contribution in [0.5, 0.6) is 0 Å². The summed E-state index contributed by atoms with van der Waals surface area (Å²) in [4.78, 5) is 20.2. The second-order valence-corrected chi connectivity index (χ2v) is 5.66. The first kappa shape index (κ1) is 12.6. The van der Waals surface area contributed by atoms with Gasteiger partial charge in [0.1, 0.15) is 5.82 Å². The molecule has 4 nitrogen and oxygen atoms in total. The normalized spacial score (nSPS) is 24.1. The monoisotopic (exact) mass is 259 g/mol. The first-order valence-corrected chi connectivity index (χ1v) is 7.19. The first-order valence-electron chi connectivity index (χ1n) is 7.19. The first-order chi connectivity index (χ1) is 9.28. The van der Waals surface area contributed by atoms with E-state index in [1.165, 1.54) is 32.4 Å². The minimum absolute atomic E-state index is 0.663.